The summed E-state index contributed by atoms with van der Waals surface area (Å²) < 4.78 is 11.0. The van der Waals surface area contributed by atoms with Crippen molar-refractivity contribution in [1.82, 2.24) is 5.32 Å². The van der Waals surface area contributed by atoms with Crippen LogP contribution in [0.25, 0.3) is 0 Å². The summed E-state index contributed by atoms with van der Waals surface area (Å²) in [5.41, 5.74) is 0.605. The molecule has 1 aromatic rings. The fourth-order valence-electron chi connectivity index (χ4n) is 2.25. The first kappa shape index (κ1) is 17.9. The number of carbonyl (C=O) groups excluding carboxylic acids is 1. The van der Waals surface area contributed by atoms with Gasteiger partial charge in [-0.05, 0) is 40.5 Å². The highest BCUT2D eigenvalue weighted by molar-refractivity contribution is 9.10. The Morgan fingerprint density at radius 3 is 2.81 bits per heavy atom. The molecular weight excluding hydrogens is 362 g/mol. The summed E-state index contributed by atoms with van der Waals surface area (Å²) in [6.07, 6.45) is -0.434. The van der Waals surface area contributed by atoms with Gasteiger partial charge in [-0.3, -0.25) is 0 Å². The smallest absolute Gasteiger partial charge is 0.407 e. The zero-order chi connectivity index (χ0) is 14.9. The van der Waals surface area contributed by atoms with Gasteiger partial charge in [-0.25, -0.2) is 4.79 Å². The van der Waals surface area contributed by atoms with Gasteiger partial charge in [0, 0.05) is 5.41 Å². The number of halogens is 2. The molecule has 5 nitrogen and oxygen atoms in total. The van der Waals surface area contributed by atoms with Gasteiger partial charge >= 0.3 is 6.09 Å². The number of nitrogens with one attached hydrogen (secondary N) is 1. The molecule has 2 rings (SSSR count). The monoisotopic (exact) mass is 379 g/mol. The summed E-state index contributed by atoms with van der Waals surface area (Å²) in [6, 6.07) is 3.33. The molecule has 0 unspecified atom stereocenters. The van der Waals surface area contributed by atoms with Crippen molar-refractivity contribution in [3.05, 3.63) is 22.2 Å². The molecule has 2 N–H and O–H groups in total. The van der Waals surface area contributed by atoms with Gasteiger partial charge in [-0.1, -0.05) is 13.8 Å². The van der Waals surface area contributed by atoms with Crippen molar-refractivity contribution in [2.75, 3.05) is 13.2 Å². The van der Waals surface area contributed by atoms with Crippen LogP contribution in [0, 0.1) is 5.41 Å². The maximum atomic E-state index is 11.5. The first-order valence-electron chi connectivity index (χ1n) is 6.43. The molecule has 1 aliphatic rings. The number of cyclic esters (lactones) is 1. The Kier molecular flexibility index (Phi) is 5.75. The highest BCUT2D eigenvalue weighted by atomic mass is 79.9. The zero-order valence-electron chi connectivity index (χ0n) is 12.1. The minimum Gasteiger partial charge on any atom is -0.503 e. The van der Waals surface area contributed by atoms with E-state index >= 15 is 0 Å². The van der Waals surface area contributed by atoms with Crippen molar-refractivity contribution >= 4 is 34.4 Å². The highest BCUT2D eigenvalue weighted by Gasteiger charge is 2.38. The number of alkyl carbamates (subject to hydrolysis) is 1. The van der Waals surface area contributed by atoms with Crippen molar-refractivity contribution < 1.29 is 19.4 Å². The predicted octanol–water partition coefficient (Wildman–Crippen LogP) is 3.78. The predicted molar refractivity (Wildman–Crippen MR) is 85.2 cm³/mol. The number of benzene rings is 1. The Balaban J connectivity index is 0.00000220. The second-order valence-corrected chi connectivity index (χ2v) is 6.28. The minimum atomic E-state index is -0.434. The van der Waals surface area contributed by atoms with Crippen LogP contribution < -0.4 is 10.1 Å². The number of hydrogen-bond donors (Lipinski definition) is 2. The summed E-state index contributed by atoms with van der Waals surface area (Å²) in [6.45, 7) is 6.66. The van der Waals surface area contributed by atoms with E-state index < -0.39 is 6.09 Å². The molecule has 0 saturated carbocycles. The Hall–Kier alpha value is -1.14. The molecular formula is C14H19BrClNO4. The quantitative estimate of drug-likeness (QED) is 0.837. The third-order valence-electron chi connectivity index (χ3n) is 3.30. The first-order chi connectivity index (χ1) is 9.35. The topological polar surface area (TPSA) is 67.8 Å². The van der Waals surface area contributed by atoms with E-state index in [4.69, 9.17) is 9.47 Å². The number of carbonyl (C=O) groups is 1. The Bertz CT molecular complexity index is 536. The standard InChI is InChI=1S/C14H18BrNO4.ClH/c1-4-19-10-6-8(5-9(15)11(10)17)12-14(2,3)7-20-13(18)16-12;/h5-6,12,17H,4,7H2,1-3H3,(H,16,18);1H/t12-;/m1./s1. The summed E-state index contributed by atoms with van der Waals surface area (Å²) in [5, 5.41) is 12.8. The van der Waals surface area contributed by atoms with E-state index in [1.165, 1.54) is 0 Å². The molecule has 0 radical (unpaired) electrons. The SMILES string of the molecule is CCOc1cc([C@H]2NC(=O)OCC2(C)C)cc(Br)c1O.Cl. The van der Waals surface area contributed by atoms with E-state index in [2.05, 4.69) is 21.2 Å². The van der Waals surface area contributed by atoms with Gasteiger partial charge in [0.05, 0.1) is 17.1 Å². The minimum absolute atomic E-state index is 0. The average Bonchev–Trinajstić information content (AvgIpc) is 2.38. The van der Waals surface area contributed by atoms with Gasteiger partial charge in [0.15, 0.2) is 11.5 Å². The van der Waals surface area contributed by atoms with Crippen molar-refractivity contribution in [2.45, 2.75) is 26.8 Å². The van der Waals surface area contributed by atoms with Crippen molar-refractivity contribution in [2.24, 2.45) is 5.41 Å². The molecule has 1 aromatic carbocycles. The van der Waals surface area contributed by atoms with Crippen molar-refractivity contribution in [1.29, 1.82) is 0 Å². The van der Waals surface area contributed by atoms with E-state index in [0.29, 0.717) is 23.4 Å². The van der Waals surface area contributed by atoms with Gasteiger partial charge in [0.2, 0.25) is 0 Å². The molecule has 1 fully saturated rings. The van der Waals surface area contributed by atoms with Gasteiger partial charge in [-0.2, -0.15) is 0 Å². The third-order valence-corrected chi connectivity index (χ3v) is 3.91. The van der Waals surface area contributed by atoms with E-state index in [1.54, 1.807) is 12.1 Å². The lowest BCUT2D eigenvalue weighted by atomic mass is 9.80. The second kappa shape index (κ2) is 6.75. The number of aromatic hydroxyl groups is 1. The lowest BCUT2D eigenvalue weighted by molar-refractivity contribution is 0.0386. The maximum Gasteiger partial charge on any atom is 0.407 e. The van der Waals surface area contributed by atoms with E-state index in [1.807, 2.05) is 20.8 Å². The first-order valence-corrected chi connectivity index (χ1v) is 7.23. The molecule has 21 heavy (non-hydrogen) atoms. The molecule has 0 spiro atoms. The van der Waals surface area contributed by atoms with Crippen LogP contribution in [0.2, 0.25) is 0 Å². The molecule has 0 aromatic heterocycles. The van der Waals surface area contributed by atoms with Gasteiger partial charge < -0.3 is 19.9 Å². The molecule has 118 valence electrons. The molecule has 1 heterocycles. The van der Waals surface area contributed by atoms with Crippen LogP contribution >= 0.6 is 28.3 Å². The summed E-state index contributed by atoms with van der Waals surface area (Å²) in [4.78, 5) is 11.5. The van der Waals surface area contributed by atoms with Crippen LogP contribution in [0.5, 0.6) is 11.5 Å². The molecule has 7 heteroatoms. The van der Waals surface area contributed by atoms with Crippen LogP contribution in [0.3, 0.4) is 0 Å². The molecule has 0 bridgehead atoms. The highest BCUT2D eigenvalue weighted by Crippen LogP contribution is 2.42. The number of phenolic OH excluding ortho intramolecular Hbond substituents is 1. The average molecular weight is 381 g/mol. The number of phenols is 1. The summed E-state index contributed by atoms with van der Waals surface area (Å²) in [5.74, 6) is 0.459. The van der Waals surface area contributed by atoms with Gasteiger partial charge in [-0.15, -0.1) is 12.4 Å². The fraction of sp³-hybridized carbons (Fsp3) is 0.500. The third kappa shape index (κ3) is 3.74. The van der Waals surface area contributed by atoms with E-state index in [-0.39, 0.29) is 29.6 Å². The number of hydrogen-bond acceptors (Lipinski definition) is 4. The van der Waals surface area contributed by atoms with Gasteiger partial charge in [0.25, 0.3) is 0 Å². The summed E-state index contributed by atoms with van der Waals surface area (Å²) in [7, 11) is 0. The largest absolute Gasteiger partial charge is 0.503 e. The Morgan fingerprint density at radius 2 is 2.19 bits per heavy atom. The Morgan fingerprint density at radius 1 is 1.52 bits per heavy atom. The van der Waals surface area contributed by atoms with Gasteiger partial charge in [0.1, 0.15) is 6.61 Å². The normalized spacial score (nSPS) is 20.0. The number of amides is 1. The molecule has 1 atom stereocenters. The van der Waals surface area contributed by atoms with E-state index in [9.17, 15) is 9.90 Å². The molecule has 1 saturated heterocycles. The van der Waals surface area contributed by atoms with Crippen LogP contribution in [0.15, 0.2) is 16.6 Å². The number of ether oxygens (including phenoxy) is 2. The zero-order valence-corrected chi connectivity index (χ0v) is 14.5. The van der Waals surface area contributed by atoms with Crippen LogP contribution in [0.4, 0.5) is 4.79 Å². The second-order valence-electron chi connectivity index (χ2n) is 5.42. The van der Waals surface area contributed by atoms with Crippen molar-refractivity contribution in [3.8, 4) is 11.5 Å². The fourth-order valence-corrected chi connectivity index (χ4v) is 2.71. The lowest BCUT2D eigenvalue weighted by Gasteiger charge is -2.38. The van der Waals surface area contributed by atoms with Crippen LogP contribution in [0.1, 0.15) is 32.4 Å². The Labute approximate surface area is 138 Å². The van der Waals surface area contributed by atoms with Crippen molar-refractivity contribution in [3.63, 3.8) is 0 Å². The molecule has 1 aliphatic heterocycles. The van der Waals surface area contributed by atoms with Crippen LogP contribution in [-0.4, -0.2) is 24.4 Å². The number of rotatable bonds is 3. The van der Waals surface area contributed by atoms with Crippen LogP contribution in [-0.2, 0) is 4.74 Å². The molecule has 0 aliphatic carbocycles. The maximum absolute atomic E-state index is 11.5. The molecule has 1 amide bonds. The summed E-state index contributed by atoms with van der Waals surface area (Å²) >= 11 is 3.31. The lowest BCUT2D eigenvalue weighted by Crippen LogP contribution is -2.46. The van der Waals surface area contributed by atoms with E-state index in [0.717, 1.165) is 5.56 Å².